The molecule has 1 fully saturated rings. The Morgan fingerprint density at radius 1 is 1.21 bits per heavy atom. The Labute approximate surface area is 165 Å². The summed E-state index contributed by atoms with van der Waals surface area (Å²) in [6, 6.07) is 10.9. The molecular weight excluding hydrogens is 350 g/mol. The predicted octanol–water partition coefficient (Wildman–Crippen LogP) is 4.98. The van der Waals surface area contributed by atoms with Crippen molar-refractivity contribution in [1.29, 1.82) is 0 Å². The zero-order valence-electron chi connectivity index (χ0n) is 17.1. The largest absolute Gasteiger partial charge is 0.391 e. The van der Waals surface area contributed by atoms with Crippen LogP contribution in [0.5, 0.6) is 0 Å². The summed E-state index contributed by atoms with van der Waals surface area (Å²) in [4.78, 5) is 14.5. The average molecular weight is 380 g/mol. The highest BCUT2D eigenvalue weighted by Gasteiger charge is 2.24. The lowest BCUT2D eigenvalue weighted by Crippen LogP contribution is -2.44. The van der Waals surface area contributed by atoms with Gasteiger partial charge < -0.3 is 19.9 Å². The molecule has 0 spiro atoms. The van der Waals surface area contributed by atoms with E-state index in [0.717, 1.165) is 29.7 Å². The summed E-state index contributed by atoms with van der Waals surface area (Å²) in [6.45, 7) is 9.64. The fourth-order valence-electron chi connectivity index (χ4n) is 4.59. The van der Waals surface area contributed by atoms with E-state index in [9.17, 15) is 9.90 Å². The number of rotatable bonds is 2. The minimum atomic E-state index is -0.423. The van der Waals surface area contributed by atoms with Crippen LogP contribution in [0.2, 0.25) is 0 Å². The summed E-state index contributed by atoms with van der Waals surface area (Å²) in [5, 5.41) is 15.4. The number of fused-ring (bicyclic) bond motifs is 3. The lowest BCUT2D eigenvalue weighted by atomic mass is 10.0. The molecule has 2 amide bonds. The minimum absolute atomic E-state index is 0.128. The first-order chi connectivity index (χ1) is 13.4. The number of aliphatic hydroxyl groups excluding tert-OH is 1. The number of hydrogen-bond donors (Lipinski definition) is 2. The van der Waals surface area contributed by atoms with Gasteiger partial charge in [-0.3, -0.25) is 0 Å². The van der Waals surface area contributed by atoms with Gasteiger partial charge in [0.1, 0.15) is 0 Å². The number of nitrogens with one attached hydrogen (secondary N) is 1. The summed E-state index contributed by atoms with van der Waals surface area (Å²) in [5.74, 6) is 0. The van der Waals surface area contributed by atoms with Gasteiger partial charge in [0.15, 0.2) is 0 Å². The Kier molecular flexibility index (Phi) is 4.79. The molecule has 0 radical (unpaired) electrons. The van der Waals surface area contributed by atoms with Crippen molar-refractivity contribution in [3.8, 4) is 0 Å². The second kappa shape index (κ2) is 7.13. The molecule has 4 rings (SSSR count). The topological polar surface area (TPSA) is 57.5 Å². The fourth-order valence-corrected chi connectivity index (χ4v) is 4.59. The smallest absolute Gasteiger partial charge is 0.321 e. The van der Waals surface area contributed by atoms with Crippen LogP contribution in [0.3, 0.4) is 0 Å². The Morgan fingerprint density at radius 2 is 1.96 bits per heavy atom. The molecule has 1 aliphatic rings. The molecular formula is C23H29N3O2. The van der Waals surface area contributed by atoms with E-state index in [1.54, 1.807) is 4.90 Å². The molecule has 0 aliphatic carbocycles. The quantitative estimate of drug-likeness (QED) is 0.660. The molecule has 1 atom stereocenters. The first-order valence-electron chi connectivity index (χ1n) is 10.1. The van der Waals surface area contributed by atoms with Crippen molar-refractivity contribution >= 4 is 33.5 Å². The number of piperidine rings is 1. The van der Waals surface area contributed by atoms with Gasteiger partial charge in [0.2, 0.25) is 0 Å². The number of β-amino-alcohol motifs (C(OH)–C–C–N with tert-alkyl or cyclic N) is 1. The van der Waals surface area contributed by atoms with Gasteiger partial charge in [-0.25, -0.2) is 4.79 Å². The van der Waals surface area contributed by atoms with E-state index in [4.69, 9.17) is 0 Å². The SMILES string of the molecule is Cc1cc2c(c(C)c1NC(=O)N1CCCC(O)C1)c1ccccc1n2C(C)C. The van der Waals surface area contributed by atoms with E-state index in [1.807, 2.05) is 0 Å². The van der Waals surface area contributed by atoms with Crippen LogP contribution in [0.1, 0.15) is 43.9 Å². The first-order valence-corrected chi connectivity index (χ1v) is 10.1. The van der Waals surface area contributed by atoms with Crippen LogP contribution in [0.25, 0.3) is 21.8 Å². The second-order valence-corrected chi connectivity index (χ2v) is 8.24. The van der Waals surface area contributed by atoms with Gasteiger partial charge in [0, 0.05) is 41.1 Å². The van der Waals surface area contributed by atoms with Crippen LogP contribution in [0, 0.1) is 13.8 Å². The predicted molar refractivity (Wildman–Crippen MR) is 115 cm³/mol. The number of likely N-dealkylation sites (tertiary alicyclic amines) is 1. The van der Waals surface area contributed by atoms with Crippen molar-refractivity contribution < 1.29 is 9.90 Å². The third kappa shape index (κ3) is 3.04. The van der Waals surface area contributed by atoms with E-state index in [0.29, 0.717) is 19.1 Å². The molecule has 2 heterocycles. The van der Waals surface area contributed by atoms with Gasteiger partial charge in [0.05, 0.1) is 11.6 Å². The van der Waals surface area contributed by atoms with Crippen molar-refractivity contribution in [1.82, 2.24) is 9.47 Å². The van der Waals surface area contributed by atoms with Crippen LogP contribution in [0.4, 0.5) is 10.5 Å². The third-order valence-corrected chi connectivity index (χ3v) is 5.88. The number of amides is 2. The van der Waals surface area contributed by atoms with Crippen LogP contribution < -0.4 is 5.32 Å². The zero-order chi connectivity index (χ0) is 20.0. The Balaban J connectivity index is 1.82. The van der Waals surface area contributed by atoms with Crippen molar-refractivity contribution in [2.45, 2.75) is 52.7 Å². The van der Waals surface area contributed by atoms with E-state index in [1.165, 1.54) is 21.8 Å². The highest BCUT2D eigenvalue weighted by atomic mass is 16.3. The first kappa shape index (κ1) is 18.8. The van der Waals surface area contributed by atoms with Gasteiger partial charge >= 0.3 is 6.03 Å². The maximum Gasteiger partial charge on any atom is 0.321 e. The van der Waals surface area contributed by atoms with E-state index >= 15 is 0 Å². The average Bonchev–Trinajstić information content (AvgIpc) is 2.99. The molecule has 5 heteroatoms. The molecule has 1 aliphatic heterocycles. The standard InChI is InChI=1S/C23H29N3O2/c1-14(2)26-19-10-6-5-9-18(19)21-16(4)22(15(3)12-20(21)26)24-23(28)25-11-7-8-17(27)13-25/h5-6,9-10,12,14,17,27H,7-8,11,13H2,1-4H3,(H,24,28). The molecule has 148 valence electrons. The highest BCUT2D eigenvalue weighted by molar-refractivity contribution is 6.12. The summed E-state index contributed by atoms with van der Waals surface area (Å²) in [6.07, 6.45) is 1.18. The lowest BCUT2D eigenvalue weighted by Gasteiger charge is -2.30. The molecule has 3 aromatic rings. The minimum Gasteiger partial charge on any atom is -0.391 e. The third-order valence-electron chi connectivity index (χ3n) is 5.88. The van der Waals surface area contributed by atoms with Crippen molar-refractivity contribution in [2.24, 2.45) is 0 Å². The molecule has 1 saturated heterocycles. The second-order valence-electron chi connectivity index (χ2n) is 8.24. The number of carbonyl (C=O) groups is 1. The monoisotopic (exact) mass is 379 g/mol. The van der Waals surface area contributed by atoms with E-state index in [-0.39, 0.29) is 6.03 Å². The van der Waals surface area contributed by atoms with Crippen molar-refractivity contribution in [3.63, 3.8) is 0 Å². The van der Waals surface area contributed by atoms with Gasteiger partial charge in [-0.1, -0.05) is 18.2 Å². The Hall–Kier alpha value is -2.53. The summed E-state index contributed by atoms with van der Waals surface area (Å²) in [5.41, 5.74) is 5.46. The molecule has 1 unspecified atom stereocenters. The number of aryl methyl sites for hydroxylation is 2. The molecule has 28 heavy (non-hydrogen) atoms. The van der Waals surface area contributed by atoms with Crippen LogP contribution in [-0.4, -0.2) is 39.8 Å². The number of hydrogen-bond acceptors (Lipinski definition) is 2. The Bertz CT molecular complexity index is 1050. The highest BCUT2D eigenvalue weighted by Crippen LogP contribution is 2.38. The van der Waals surface area contributed by atoms with Gasteiger partial charge in [-0.2, -0.15) is 0 Å². The number of aromatic nitrogens is 1. The molecule has 2 aromatic carbocycles. The summed E-state index contributed by atoms with van der Waals surface area (Å²) in [7, 11) is 0. The van der Waals surface area contributed by atoms with Crippen molar-refractivity contribution in [2.75, 3.05) is 18.4 Å². The van der Waals surface area contributed by atoms with Gasteiger partial charge in [-0.15, -0.1) is 0 Å². The molecule has 0 saturated carbocycles. The maximum absolute atomic E-state index is 12.8. The normalized spacial score (nSPS) is 17.6. The number of carbonyl (C=O) groups excluding carboxylic acids is 1. The molecule has 1 aromatic heterocycles. The number of benzene rings is 2. The lowest BCUT2D eigenvalue weighted by molar-refractivity contribution is 0.0883. The summed E-state index contributed by atoms with van der Waals surface area (Å²) >= 11 is 0. The Morgan fingerprint density at radius 3 is 2.68 bits per heavy atom. The van der Waals surface area contributed by atoms with E-state index < -0.39 is 6.10 Å². The fraction of sp³-hybridized carbons (Fsp3) is 0.435. The van der Waals surface area contributed by atoms with Crippen LogP contribution >= 0.6 is 0 Å². The number of urea groups is 1. The summed E-state index contributed by atoms with van der Waals surface area (Å²) < 4.78 is 2.37. The van der Waals surface area contributed by atoms with Crippen LogP contribution in [0.15, 0.2) is 30.3 Å². The van der Waals surface area contributed by atoms with E-state index in [2.05, 4.69) is 67.9 Å². The molecule has 0 bridgehead atoms. The zero-order valence-corrected chi connectivity index (χ0v) is 17.1. The van der Waals surface area contributed by atoms with Gasteiger partial charge in [-0.05, 0) is 63.8 Å². The number of aliphatic hydroxyl groups is 1. The number of nitrogens with zero attached hydrogens (tertiary/aromatic N) is 2. The van der Waals surface area contributed by atoms with Crippen molar-refractivity contribution in [3.05, 3.63) is 41.5 Å². The van der Waals surface area contributed by atoms with Gasteiger partial charge in [0.25, 0.3) is 0 Å². The molecule has 2 N–H and O–H groups in total. The molecule has 5 nitrogen and oxygen atoms in total. The van der Waals surface area contributed by atoms with Crippen LogP contribution in [-0.2, 0) is 0 Å². The number of anilines is 1. The number of para-hydroxylation sites is 1. The maximum atomic E-state index is 12.8.